The van der Waals surface area contributed by atoms with Gasteiger partial charge in [0.15, 0.2) is 0 Å². The van der Waals surface area contributed by atoms with Crippen LogP contribution in [0.3, 0.4) is 0 Å². The molecule has 1 aliphatic heterocycles. The van der Waals surface area contributed by atoms with Crippen molar-refractivity contribution < 1.29 is 17.9 Å². The minimum atomic E-state index is -3.96. The van der Waals surface area contributed by atoms with Crippen molar-refractivity contribution in [2.45, 2.75) is 36.6 Å². The molecule has 6 N–H and O–H groups in total. The molecule has 4 rings (SSSR count). The number of amidine groups is 1. The highest BCUT2D eigenvalue weighted by Crippen LogP contribution is 2.34. The van der Waals surface area contributed by atoms with Gasteiger partial charge in [0.1, 0.15) is 17.3 Å². The molecule has 1 saturated heterocycles. The summed E-state index contributed by atoms with van der Waals surface area (Å²) in [6, 6.07) is 18.9. The van der Waals surface area contributed by atoms with E-state index in [2.05, 4.69) is 16.2 Å². The molecule has 0 aromatic heterocycles. The van der Waals surface area contributed by atoms with Crippen LogP contribution in [0, 0.1) is 11.3 Å². The molecular weight excluding hydrogens is 550 g/mol. The zero-order chi connectivity index (χ0) is 30.3. The molecule has 224 valence electrons. The maximum absolute atomic E-state index is 13.9. The van der Waals surface area contributed by atoms with Crippen molar-refractivity contribution in [1.29, 1.82) is 5.41 Å². The van der Waals surface area contributed by atoms with Gasteiger partial charge in [0.05, 0.1) is 25.2 Å². The number of hydrogen-bond acceptors (Lipinski definition) is 7. The highest BCUT2D eigenvalue weighted by Gasteiger charge is 2.28. The molecule has 1 heterocycles. The molecule has 1 aliphatic rings. The third kappa shape index (κ3) is 7.50. The van der Waals surface area contributed by atoms with Gasteiger partial charge in [-0.2, -0.15) is 0 Å². The second kappa shape index (κ2) is 13.9. The van der Waals surface area contributed by atoms with Gasteiger partial charge in [0.2, 0.25) is 10.0 Å². The second-order valence-corrected chi connectivity index (χ2v) is 12.3. The lowest BCUT2D eigenvalue weighted by Crippen LogP contribution is -2.45. The molecule has 0 saturated carbocycles. The van der Waals surface area contributed by atoms with Crippen molar-refractivity contribution in [2.75, 3.05) is 33.9 Å². The summed E-state index contributed by atoms with van der Waals surface area (Å²) in [4.78, 5) is 2.31. The van der Waals surface area contributed by atoms with Crippen LogP contribution in [-0.4, -0.2) is 59.0 Å². The summed E-state index contributed by atoms with van der Waals surface area (Å²) >= 11 is 0. The van der Waals surface area contributed by atoms with Gasteiger partial charge in [0, 0.05) is 36.0 Å². The highest BCUT2D eigenvalue weighted by molar-refractivity contribution is 7.89. The molecule has 42 heavy (non-hydrogen) atoms. The average Bonchev–Trinajstić information content (AvgIpc) is 3.00. The van der Waals surface area contributed by atoms with E-state index in [-0.39, 0.29) is 10.7 Å². The van der Waals surface area contributed by atoms with Crippen molar-refractivity contribution in [3.8, 4) is 22.6 Å². The van der Waals surface area contributed by atoms with E-state index in [1.165, 1.54) is 0 Å². The van der Waals surface area contributed by atoms with Gasteiger partial charge >= 0.3 is 0 Å². The molecule has 0 spiro atoms. The summed E-state index contributed by atoms with van der Waals surface area (Å²) < 4.78 is 41.6. The Kier molecular flexibility index (Phi) is 10.3. The number of benzene rings is 3. The number of hydrogen-bond donors (Lipinski definition) is 4. The van der Waals surface area contributed by atoms with Crippen LogP contribution in [0.15, 0.2) is 83.9 Å². The van der Waals surface area contributed by atoms with Gasteiger partial charge in [-0.1, -0.05) is 36.9 Å². The first-order chi connectivity index (χ1) is 20.1. The number of piperidine rings is 1. The average molecular weight is 592 g/mol. The first-order valence-electron chi connectivity index (χ1n) is 14.1. The first kappa shape index (κ1) is 31.1. The number of likely N-dealkylation sites (tertiary alicyclic amines) is 1. The summed E-state index contributed by atoms with van der Waals surface area (Å²) in [5.41, 5.74) is 15.1. The number of nitrogens with zero attached hydrogens (tertiary/aromatic N) is 1. The zero-order valence-electron chi connectivity index (χ0n) is 24.3. The van der Waals surface area contributed by atoms with Crippen molar-refractivity contribution >= 4 is 15.9 Å². The van der Waals surface area contributed by atoms with Crippen LogP contribution in [0.25, 0.3) is 11.1 Å². The number of nitrogens with one attached hydrogen (secondary N) is 2. The van der Waals surface area contributed by atoms with Crippen LogP contribution < -0.4 is 25.7 Å². The van der Waals surface area contributed by atoms with Crippen LogP contribution in [0.1, 0.15) is 30.4 Å². The number of nitrogen functional groups attached to an aromatic ring is 1. The Hall–Kier alpha value is -3.86. The van der Waals surface area contributed by atoms with E-state index in [4.69, 9.17) is 26.4 Å². The Morgan fingerprint density at radius 2 is 1.81 bits per heavy atom. The lowest BCUT2D eigenvalue weighted by molar-refractivity contribution is 0.209. The molecule has 1 atom stereocenters. The molecule has 3 aromatic rings. The smallest absolute Gasteiger partial charge is 0.241 e. The third-order valence-electron chi connectivity index (χ3n) is 7.84. The second-order valence-electron chi connectivity index (χ2n) is 10.6. The van der Waals surface area contributed by atoms with Gasteiger partial charge in [-0.3, -0.25) is 5.41 Å². The Balaban J connectivity index is 1.63. The molecule has 10 heteroatoms. The Morgan fingerprint density at radius 3 is 2.48 bits per heavy atom. The molecule has 0 amide bonds. The SMILES string of the molecule is C=C([C@H](Cc1cccc(C(=N)N)c1)NS(=O)(=O)c1cccc(-c2ccc(OC)cc2OC)c1)N1CCC(CCN)CC1. The van der Waals surface area contributed by atoms with Crippen molar-refractivity contribution in [3.63, 3.8) is 0 Å². The van der Waals surface area contributed by atoms with E-state index in [9.17, 15) is 8.42 Å². The summed E-state index contributed by atoms with van der Waals surface area (Å²) in [6.45, 7) is 6.62. The monoisotopic (exact) mass is 591 g/mol. The molecule has 0 bridgehead atoms. The molecule has 9 nitrogen and oxygen atoms in total. The molecule has 0 unspecified atom stereocenters. The summed E-state index contributed by atoms with van der Waals surface area (Å²) in [5.74, 6) is 1.74. The molecular formula is C32H41N5O4S. The number of sulfonamides is 1. The topological polar surface area (TPSA) is 144 Å². The maximum Gasteiger partial charge on any atom is 0.241 e. The number of ether oxygens (including phenoxy) is 2. The van der Waals surface area contributed by atoms with Crippen molar-refractivity contribution in [1.82, 2.24) is 9.62 Å². The lowest BCUT2D eigenvalue weighted by atomic mass is 9.92. The lowest BCUT2D eigenvalue weighted by Gasteiger charge is -2.37. The Morgan fingerprint density at radius 1 is 1.07 bits per heavy atom. The predicted molar refractivity (Wildman–Crippen MR) is 167 cm³/mol. The molecule has 3 aromatic carbocycles. The van der Waals surface area contributed by atoms with Crippen molar-refractivity contribution in [3.05, 3.63) is 90.1 Å². The van der Waals surface area contributed by atoms with Gasteiger partial charge < -0.3 is 25.8 Å². The van der Waals surface area contributed by atoms with Gasteiger partial charge in [0.25, 0.3) is 0 Å². The molecule has 1 fully saturated rings. The predicted octanol–water partition coefficient (Wildman–Crippen LogP) is 4.12. The van der Waals surface area contributed by atoms with E-state index in [0.717, 1.165) is 43.5 Å². The van der Waals surface area contributed by atoms with Crippen LogP contribution in [0.2, 0.25) is 0 Å². The zero-order valence-corrected chi connectivity index (χ0v) is 25.1. The fourth-order valence-electron chi connectivity index (χ4n) is 5.42. The summed E-state index contributed by atoms with van der Waals surface area (Å²) in [7, 11) is -0.813. The largest absolute Gasteiger partial charge is 0.497 e. The fourth-order valence-corrected chi connectivity index (χ4v) is 6.69. The normalized spacial score (nSPS) is 14.8. The van der Waals surface area contributed by atoms with Crippen LogP contribution in [-0.2, 0) is 16.4 Å². The summed E-state index contributed by atoms with van der Waals surface area (Å²) in [6.07, 6.45) is 3.32. The van der Waals surface area contributed by atoms with E-state index in [1.807, 2.05) is 36.4 Å². The van der Waals surface area contributed by atoms with Crippen molar-refractivity contribution in [2.24, 2.45) is 17.4 Å². The standard InChI is InChI=1S/C32H41N5O4S/c1-22(37-16-13-23(12-15-33)14-17-37)30(19-24-6-4-8-26(18-24)32(34)35)36-42(38,39)28-9-5-7-25(20-28)29-11-10-27(40-2)21-31(29)41-3/h4-11,18,20-21,23,30,36H,1,12-17,19,33H2,2-3H3,(H3,34,35)/t30-/m0/s1. The van der Waals surface area contributed by atoms with E-state index >= 15 is 0 Å². The number of rotatable bonds is 13. The minimum Gasteiger partial charge on any atom is -0.497 e. The minimum absolute atomic E-state index is 0.0411. The van der Waals surface area contributed by atoms with Gasteiger partial charge in [-0.15, -0.1) is 0 Å². The maximum atomic E-state index is 13.9. The van der Waals surface area contributed by atoms with Gasteiger partial charge in [-0.25, -0.2) is 13.1 Å². The first-order valence-corrected chi connectivity index (χ1v) is 15.6. The summed E-state index contributed by atoms with van der Waals surface area (Å²) in [5, 5.41) is 7.83. The third-order valence-corrected chi connectivity index (χ3v) is 9.31. The van der Waals surface area contributed by atoms with E-state index in [1.54, 1.807) is 44.6 Å². The fraction of sp³-hybridized carbons (Fsp3) is 0.344. The van der Waals surface area contributed by atoms with Gasteiger partial charge in [-0.05, 0) is 79.6 Å². The van der Waals surface area contributed by atoms with Crippen LogP contribution in [0.5, 0.6) is 11.5 Å². The Bertz CT molecular complexity index is 1520. The van der Waals surface area contributed by atoms with E-state index in [0.29, 0.717) is 47.2 Å². The molecule has 0 radical (unpaired) electrons. The number of methoxy groups -OCH3 is 2. The quantitative estimate of drug-likeness (QED) is 0.173. The molecule has 0 aliphatic carbocycles. The highest BCUT2D eigenvalue weighted by atomic mass is 32.2. The van der Waals surface area contributed by atoms with E-state index < -0.39 is 16.1 Å². The Labute approximate surface area is 249 Å². The number of nitrogens with two attached hydrogens (primary N) is 2. The van der Waals surface area contributed by atoms with Crippen LogP contribution in [0.4, 0.5) is 0 Å². The van der Waals surface area contributed by atoms with Crippen LogP contribution >= 0.6 is 0 Å².